The van der Waals surface area contributed by atoms with E-state index >= 15 is 0 Å². The van der Waals surface area contributed by atoms with Crippen LogP contribution in [0.25, 0.3) is 0 Å². The number of rotatable bonds is 25. The van der Waals surface area contributed by atoms with Crippen molar-refractivity contribution >= 4 is 41.2 Å². The number of aliphatic carboxylic acids is 1. The third-order valence-electron chi connectivity index (χ3n) is 12.9. The molecule has 0 spiro atoms. The summed E-state index contributed by atoms with van der Waals surface area (Å²) in [6.07, 6.45) is 0.506. The fourth-order valence-corrected chi connectivity index (χ4v) is 9.14. The molecule has 1 saturated heterocycles. The summed E-state index contributed by atoms with van der Waals surface area (Å²) in [6, 6.07) is 11.2. The van der Waals surface area contributed by atoms with Gasteiger partial charge in [0, 0.05) is 46.3 Å². The van der Waals surface area contributed by atoms with Crippen molar-refractivity contribution in [3.63, 3.8) is 0 Å². The largest absolute Gasteiger partial charge is 0.480 e. The van der Waals surface area contributed by atoms with Crippen molar-refractivity contribution in [1.29, 1.82) is 0 Å². The minimum atomic E-state index is -1.28. The van der Waals surface area contributed by atoms with Gasteiger partial charge in [-0.1, -0.05) is 97.4 Å². The Labute approximate surface area is 386 Å². The van der Waals surface area contributed by atoms with Crippen molar-refractivity contribution in [2.24, 2.45) is 23.7 Å². The molecule has 0 radical (unpaired) electrons. The van der Waals surface area contributed by atoms with Crippen molar-refractivity contribution in [3.8, 4) is 0 Å². The Bertz CT molecular complexity index is 1850. The first-order valence-electron chi connectivity index (χ1n) is 23.0. The molecular weight excluding hydrogens is 831 g/mol. The summed E-state index contributed by atoms with van der Waals surface area (Å²) in [4.78, 5) is 87.9. The van der Waals surface area contributed by atoms with Crippen molar-refractivity contribution in [2.75, 3.05) is 47.6 Å². The van der Waals surface area contributed by atoms with Crippen LogP contribution >= 0.6 is 0 Å². The van der Waals surface area contributed by atoms with Gasteiger partial charge in [0.25, 0.3) is 0 Å². The molecule has 2 aromatic carbocycles. The third-order valence-corrected chi connectivity index (χ3v) is 12.9. The van der Waals surface area contributed by atoms with Gasteiger partial charge in [-0.2, -0.15) is 0 Å². The first-order chi connectivity index (χ1) is 30.7. The number of carboxylic acid groups (broad SMARTS) is 1. The van der Waals surface area contributed by atoms with E-state index in [1.807, 2.05) is 90.9 Å². The molecule has 1 aliphatic rings. The number of carbonyl (C=O) groups excluding carboxylic acids is 5. The molecule has 6 N–H and O–H groups in total. The zero-order valence-electron chi connectivity index (χ0n) is 40.7. The molecule has 4 unspecified atom stereocenters. The van der Waals surface area contributed by atoms with Crippen molar-refractivity contribution in [1.82, 2.24) is 30.7 Å². The molecule has 0 aliphatic carbocycles. The number of nitrogens with zero attached hydrogens (tertiary/aromatic N) is 3. The summed E-state index contributed by atoms with van der Waals surface area (Å²) < 4.78 is 12.0. The smallest absolute Gasteiger partial charge is 0.326 e. The summed E-state index contributed by atoms with van der Waals surface area (Å²) in [5.74, 6) is -4.23. The molecule has 362 valence electrons. The number of ether oxygens (including phenoxy) is 2. The van der Waals surface area contributed by atoms with E-state index < -0.39 is 72.2 Å². The van der Waals surface area contributed by atoms with Crippen LogP contribution < -0.4 is 21.7 Å². The summed E-state index contributed by atoms with van der Waals surface area (Å²) in [6.45, 7) is 13.9. The van der Waals surface area contributed by atoms with Gasteiger partial charge in [-0.3, -0.25) is 28.9 Å². The molecule has 1 heterocycles. The third kappa shape index (κ3) is 15.0. The maximum Gasteiger partial charge on any atom is 0.326 e. The Morgan fingerprint density at radius 1 is 0.785 bits per heavy atom. The molecule has 5 amide bonds. The number of likely N-dealkylation sites (tertiary alicyclic amines) is 1. The van der Waals surface area contributed by atoms with Crippen LogP contribution in [0, 0.1) is 23.7 Å². The second-order valence-corrected chi connectivity index (χ2v) is 18.6. The van der Waals surface area contributed by atoms with Gasteiger partial charge < -0.3 is 46.1 Å². The lowest BCUT2D eigenvalue weighted by atomic mass is 9.89. The maximum absolute atomic E-state index is 14.4. The lowest BCUT2D eigenvalue weighted by Crippen LogP contribution is -2.59. The minimum absolute atomic E-state index is 0.00222. The van der Waals surface area contributed by atoms with Crippen LogP contribution in [0.3, 0.4) is 0 Å². The second-order valence-electron chi connectivity index (χ2n) is 18.6. The van der Waals surface area contributed by atoms with Gasteiger partial charge in [0.15, 0.2) is 0 Å². The van der Waals surface area contributed by atoms with Crippen LogP contribution in [0.2, 0.25) is 0 Å². The second kappa shape index (κ2) is 25.6. The zero-order valence-corrected chi connectivity index (χ0v) is 40.7. The lowest BCUT2D eigenvalue weighted by Gasteiger charge is -2.41. The van der Waals surface area contributed by atoms with E-state index in [1.54, 1.807) is 48.0 Å². The Morgan fingerprint density at radius 3 is 1.89 bits per heavy atom. The number of carboxylic acids is 1. The summed E-state index contributed by atoms with van der Waals surface area (Å²) in [5.41, 5.74) is 7.75. The highest BCUT2D eigenvalue weighted by atomic mass is 16.5. The monoisotopic (exact) mass is 908 g/mol. The number of likely N-dealkylation sites (N-methyl/N-ethyl adjacent to an activating group) is 2. The van der Waals surface area contributed by atoms with E-state index in [0.29, 0.717) is 37.1 Å². The Kier molecular flexibility index (Phi) is 21.4. The van der Waals surface area contributed by atoms with Gasteiger partial charge in [-0.25, -0.2) is 4.79 Å². The van der Waals surface area contributed by atoms with E-state index in [-0.39, 0.29) is 54.7 Å². The van der Waals surface area contributed by atoms with Gasteiger partial charge in [-0.15, -0.1) is 0 Å². The Hall–Kier alpha value is -5.06. The number of hydrogen-bond donors (Lipinski definition) is 5. The maximum atomic E-state index is 14.4. The number of hydrogen-bond acceptors (Lipinski definition) is 10. The van der Waals surface area contributed by atoms with E-state index in [4.69, 9.17) is 15.2 Å². The molecule has 2 aromatic rings. The molecule has 0 saturated carbocycles. The Balaban J connectivity index is 1.83. The lowest BCUT2D eigenvalue weighted by molar-refractivity contribution is -0.148. The highest BCUT2D eigenvalue weighted by Gasteiger charge is 2.43. The number of carbonyl (C=O) groups is 6. The van der Waals surface area contributed by atoms with Crippen LogP contribution in [0.15, 0.2) is 54.6 Å². The van der Waals surface area contributed by atoms with Crippen molar-refractivity contribution in [2.45, 2.75) is 135 Å². The predicted molar refractivity (Wildman–Crippen MR) is 251 cm³/mol. The molecule has 10 atom stereocenters. The summed E-state index contributed by atoms with van der Waals surface area (Å²) >= 11 is 0. The highest BCUT2D eigenvalue weighted by molar-refractivity contribution is 5.92. The Morgan fingerprint density at radius 2 is 1.37 bits per heavy atom. The van der Waals surface area contributed by atoms with Gasteiger partial charge in [0.05, 0.1) is 42.7 Å². The minimum Gasteiger partial charge on any atom is -0.480 e. The molecule has 16 nitrogen and oxygen atoms in total. The summed E-state index contributed by atoms with van der Waals surface area (Å²) in [7, 11) is 8.40. The average Bonchev–Trinajstić information content (AvgIpc) is 3.75. The number of benzene rings is 2. The molecule has 0 aromatic heterocycles. The molecule has 0 bridgehead atoms. The number of amides is 5. The number of methoxy groups -OCH3 is 2. The SMILES string of the molecule is CC[C@H](C)C([C@@H](CC(=O)N1CCC[C@H]1[C@H](OC)[C@@H](C)C(=O)NC(Cc1ccccc1)C(=O)NC(Cc1ccc(N)cc1)C(=O)O)OC)N(C)C(=O)C(NC(=O)[C@H](C(C)C)N(C)C)C(C)C. The first kappa shape index (κ1) is 54.3. The van der Waals surface area contributed by atoms with Gasteiger partial charge in [0.1, 0.15) is 18.1 Å². The normalized spacial score (nSPS) is 18.2. The molecule has 65 heavy (non-hydrogen) atoms. The van der Waals surface area contributed by atoms with Gasteiger partial charge >= 0.3 is 5.97 Å². The van der Waals surface area contributed by atoms with E-state index in [9.17, 15) is 33.9 Å². The van der Waals surface area contributed by atoms with Gasteiger partial charge in [0.2, 0.25) is 29.5 Å². The van der Waals surface area contributed by atoms with E-state index in [1.165, 1.54) is 14.2 Å². The molecular formula is C49H77N7O9. The quantitative estimate of drug-likeness (QED) is 0.0906. The predicted octanol–water partition coefficient (Wildman–Crippen LogP) is 3.76. The zero-order chi connectivity index (χ0) is 48.7. The van der Waals surface area contributed by atoms with E-state index in [2.05, 4.69) is 16.0 Å². The first-order valence-corrected chi connectivity index (χ1v) is 23.0. The standard InChI is InChI=1S/C49H77N7O9/c1-13-31(6)43(55(10)48(61)41(29(2)3)53-47(60)42(30(4)5)54(8)9)39(64-11)28-40(57)56-25-17-20-38(56)44(65-12)32(7)45(58)51-36(26-33-18-15-14-16-19-33)46(59)52-37(49(62)63)27-34-21-23-35(50)24-22-34/h14-16,18-19,21-24,29-32,36-39,41-44H,13,17,20,25-28,50H2,1-12H3,(H,51,58)(H,52,59)(H,53,60)(H,62,63)/t31-,32+,36?,37?,38-,39+,41?,42-,43?,44+/m0/s1. The van der Waals surface area contributed by atoms with Gasteiger partial charge in [-0.05, 0) is 68.0 Å². The van der Waals surface area contributed by atoms with Crippen molar-refractivity contribution in [3.05, 3.63) is 65.7 Å². The van der Waals surface area contributed by atoms with Crippen LogP contribution in [0.5, 0.6) is 0 Å². The average molecular weight is 908 g/mol. The number of nitrogens with two attached hydrogens (primary N) is 1. The molecule has 1 fully saturated rings. The topological polar surface area (TPSA) is 213 Å². The van der Waals surface area contributed by atoms with Crippen LogP contribution in [-0.4, -0.2) is 146 Å². The fraction of sp³-hybridized carbons (Fsp3) is 0.633. The van der Waals surface area contributed by atoms with Crippen LogP contribution in [0.4, 0.5) is 5.69 Å². The van der Waals surface area contributed by atoms with Crippen molar-refractivity contribution < 1.29 is 43.3 Å². The number of anilines is 1. The van der Waals surface area contributed by atoms with Crippen LogP contribution in [-0.2, 0) is 51.1 Å². The summed E-state index contributed by atoms with van der Waals surface area (Å²) in [5, 5.41) is 18.6. The molecule has 3 rings (SSSR count). The molecule has 16 heteroatoms. The molecule has 1 aliphatic heterocycles. The van der Waals surface area contributed by atoms with E-state index in [0.717, 1.165) is 5.56 Å². The fourth-order valence-electron chi connectivity index (χ4n) is 9.14. The number of nitrogen functional groups attached to an aromatic ring is 1. The highest BCUT2D eigenvalue weighted by Crippen LogP contribution is 2.30. The van der Waals surface area contributed by atoms with Crippen LogP contribution in [0.1, 0.15) is 85.3 Å². The number of nitrogens with one attached hydrogen (secondary N) is 3.